The van der Waals surface area contributed by atoms with E-state index in [1.807, 2.05) is 11.0 Å². The molecule has 1 aromatic rings. The van der Waals surface area contributed by atoms with Crippen molar-refractivity contribution in [2.75, 3.05) is 11.4 Å². The number of phenols is 1. The number of hydrogen-bond donors (Lipinski definition) is 2. The quantitative estimate of drug-likeness (QED) is 0.778. The summed E-state index contributed by atoms with van der Waals surface area (Å²) in [5, 5.41) is 19.3. The number of benzene rings is 1. The average molecular weight is 207 g/mol. The fourth-order valence-electron chi connectivity index (χ4n) is 2.08. The molecule has 0 spiro atoms. The summed E-state index contributed by atoms with van der Waals surface area (Å²) in [6, 6.07) is 5.52. The van der Waals surface area contributed by atoms with Gasteiger partial charge < -0.3 is 15.1 Å². The Labute approximate surface area is 90.0 Å². The number of hydrogen-bond acceptors (Lipinski definition) is 3. The number of phenolic OH excluding ortho intramolecular Hbond substituents is 1. The van der Waals surface area contributed by atoms with Crippen LogP contribution in [0.25, 0.3) is 0 Å². The SMILES string of the molecule is CCc1cc(O)cc(N2CCCC2O)c1. The predicted octanol–water partition coefficient (Wildman–Crippen LogP) is 1.87. The van der Waals surface area contributed by atoms with Gasteiger partial charge in [0.15, 0.2) is 0 Å². The maximum absolute atomic E-state index is 9.74. The third kappa shape index (κ3) is 2.07. The molecule has 1 unspecified atom stereocenters. The molecule has 3 heteroatoms. The topological polar surface area (TPSA) is 43.7 Å². The molecule has 1 atom stereocenters. The van der Waals surface area contributed by atoms with Gasteiger partial charge in [-0.3, -0.25) is 0 Å². The van der Waals surface area contributed by atoms with Crippen molar-refractivity contribution >= 4 is 5.69 Å². The first kappa shape index (κ1) is 10.3. The van der Waals surface area contributed by atoms with Crippen molar-refractivity contribution in [3.8, 4) is 5.75 Å². The highest BCUT2D eigenvalue weighted by atomic mass is 16.3. The van der Waals surface area contributed by atoms with Gasteiger partial charge in [-0.25, -0.2) is 0 Å². The van der Waals surface area contributed by atoms with Crippen molar-refractivity contribution in [2.45, 2.75) is 32.4 Å². The van der Waals surface area contributed by atoms with E-state index in [-0.39, 0.29) is 5.75 Å². The van der Waals surface area contributed by atoms with Crippen molar-refractivity contribution in [1.82, 2.24) is 0 Å². The Kier molecular flexibility index (Phi) is 2.82. The van der Waals surface area contributed by atoms with Gasteiger partial charge in [-0.1, -0.05) is 6.92 Å². The van der Waals surface area contributed by atoms with Gasteiger partial charge in [-0.15, -0.1) is 0 Å². The van der Waals surface area contributed by atoms with Crippen LogP contribution in [0, 0.1) is 0 Å². The van der Waals surface area contributed by atoms with Gasteiger partial charge >= 0.3 is 0 Å². The van der Waals surface area contributed by atoms with Crippen LogP contribution in [0.4, 0.5) is 5.69 Å². The lowest BCUT2D eigenvalue weighted by Gasteiger charge is -2.23. The Morgan fingerprint density at radius 2 is 2.20 bits per heavy atom. The average Bonchev–Trinajstić information content (AvgIpc) is 2.63. The van der Waals surface area contributed by atoms with E-state index in [1.54, 1.807) is 12.1 Å². The molecule has 1 aliphatic heterocycles. The molecule has 0 aromatic heterocycles. The molecule has 0 bridgehead atoms. The summed E-state index contributed by atoms with van der Waals surface area (Å²) in [4.78, 5) is 1.94. The van der Waals surface area contributed by atoms with Crippen LogP contribution in [0.2, 0.25) is 0 Å². The summed E-state index contributed by atoms with van der Waals surface area (Å²) in [6.07, 6.45) is 2.33. The second-order valence-electron chi connectivity index (χ2n) is 4.03. The molecule has 0 saturated carbocycles. The Morgan fingerprint density at radius 1 is 1.40 bits per heavy atom. The predicted molar refractivity (Wildman–Crippen MR) is 60.1 cm³/mol. The molecule has 0 radical (unpaired) electrons. The van der Waals surface area contributed by atoms with Crippen molar-refractivity contribution in [3.63, 3.8) is 0 Å². The van der Waals surface area contributed by atoms with E-state index in [4.69, 9.17) is 0 Å². The third-order valence-corrected chi connectivity index (χ3v) is 2.92. The number of anilines is 1. The maximum atomic E-state index is 9.74. The molecule has 0 aliphatic carbocycles. The molecule has 1 saturated heterocycles. The smallest absolute Gasteiger partial charge is 0.126 e. The van der Waals surface area contributed by atoms with Crippen LogP contribution < -0.4 is 4.90 Å². The monoisotopic (exact) mass is 207 g/mol. The zero-order valence-corrected chi connectivity index (χ0v) is 8.98. The van der Waals surface area contributed by atoms with Gasteiger partial charge in [0, 0.05) is 18.3 Å². The van der Waals surface area contributed by atoms with Gasteiger partial charge in [-0.05, 0) is 37.0 Å². The molecule has 2 rings (SSSR count). The number of nitrogens with zero attached hydrogens (tertiary/aromatic N) is 1. The molecule has 82 valence electrons. The first-order chi connectivity index (χ1) is 7.20. The summed E-state index contributed by atoms with van der Waals surface area (Å²) in [6.45, 7) is 2.92. The molecule has 15 heavy (non-hydrogen) atoms. The highest BCUT2D eigenvalue weighted by Gasteiger charge is 2.22. The van der Waals surface area contributed by atoms with Gasteiger partial charge in [0.2, 0.25) is 0 Å². The summed E-state index contributed by atoms with van der Waals surface area (Å²) in [7, 11) is 0. The van der Waals surface area contributed by atoms with Gasteiger partial charge in [0.1, 0.15) is 12.0 Å². The van der Waals surface area contributed by atoms with Crippen molar-refractivity contribution in [3.05, 3.63) is 23.8 Å². The van der Waals surface area contributed by atoms with Crippen LogP contribution in [0.3, 0.4) is 0 Å². The number of aryl methyl sites for hydroxylation is 1. The van der Waals surface area contributed by atoms with Crippen LogP contribution in [0.1, 0.15) is 25.3 Å². The Morgan fingerprint density at radius 3 is 2.80 bits per heavy atom. The molecular formula is C12H17NO2. The van der Waals surface area contributed by atoms with Crippen LogP contribution >= 0.6 is 0 Å². The van der Waals surface area contributed by atoms with Crippen LogP contribution in [0.15, 0.2) is 18.2 Å². The van der Waals surface area contributed by atoms with E-state index >= 15 is 0 Å². The second kappa shape index (κ2) is 4.11. The standard InChI is InChI=1S/C12H17NO2/c1-2-9-6-10(8-11(14)7-9)13-5-3-4-12(13)15/h6-8,12,14-15H,2-5H2,1H3. The van der Waals surface area contributed by atoms with E-state index in [0.717, 1.165) is 37.1 Å². The van der Waals surface area contributed by atoms with Crippen LogP contribution in [-0.2, 0) is 6.42 Å². The number of rotatable bonds is 2. The minimum atomic E-state index is -0.392. The van der Waals surface area contributed by atoms with Crippen molar-refractivity contribution in [1.29, 1.82) is 0 Å². The lowest BCUT2D eigenvalue weighted by atomic mass is 10.1. The number of aromatic hydroxyl groups is 1. The molecule has 1 aliphatic rings. The lowest BCUT2D eigenvalue weighted by molar-refractivity contribution is 0.185. The minimum Gasteiger partial charge on any atom is -0.508 e. The van der Waals surface area contributed by atoms with Crippen molar-refractivity contribution in [2.24, 2.45) is 0 Å². The Balaban J connectivity index is 2.30. The lowest BCUT2D eigenvalue weighted by Crippen LogP contribution is -2.28. The van der Waals surface area contributed by atoms with E-state index in [0.29, 0.717) is 0 Å². The fraction of sp³-hybridized carbons (Fsp3) is 0.500. The Hall–Kier alpha value is -1.22. The Bertz CT molecular complexity index is 351. The van der Waals surface area contributed by atoms with Gasteiger partial charge in [-0.2, -0.15) is 0 Å². The molecule has 1 heterocycles. The third-order valence-electron chi connectivity index (χ3n) is 2.92. The molecule has 1 fully saturated rings. The molecule has 2 N–H and O–H groups in total. The summed E-state index contributed by atoms with van der Waals surface area (Å²) >= 11 is 0. The number of aliphatic hydroxyl groups is 1. The highest BCUT2D eigenvalue weighted by molar-refractivity contribution is 5.54. The molecular weight excluding hydrogens is 190 g/mol. The summed E-state index contributed by atoms with van der Waals surface area (Å²) in [5.74, 6) is 0.281. The van der Waals surface area contributed by atoms with Gasteiger partial charge in [0.25, 0.3) is 0 Å². The maximum Gasteiger partial charge on any atom is 0.126 e. The van der Waals surface area contributed by atoms with Gasteiger partial charge in [0.05, 0.1) is 0 Å². The largest absolute Gasteiger partial charge is 0.508 e. The van der Waals surface area contributed by atoms with Crippen LogP contribution in [-0.4, -0.2) is 23.0 Å². The molecule has 1 aromatic carbocycles. The molecule has 3 nitrogen and oxygen atoms in total. The van der Waals surface area contributed by atoms with Crippen LogP contribution in [0.5, 0.6) is 5.75 Å². The van der Waals surface area contributed by atoms with E-state index in [2.05, 4.69) is 6.92 Å². The zero-order chi connectivity index (χ0) is 10.8. The normalized spacial score (nSPS) is 20.9. The molecule has 0 amide bonds. The second-order valence-corrected chi connectivity index (χ2v) is 4.03. The first-order valence-corrected chi connectivity index (χ1v) is 5.48. The first-order valence-electron chi connectivity index (χ1n) is 5.48. The van der Waals surface area contributed by atoms with Crippen molar-refractivity contribution < 1.29 is 10.2 Å². The van der Waals surface area contributed by atoms with E-state index in [1.165, 1.54) is 0 Å². The van der Waals surface area contributed by atoms with E-state index < -0.39 is 6.23 Å². The summed E-state index contributed by atoms with van der Waals surface area (Å²) < 4.78 is 0. The summed E-state index contributed by atoms with van der Waals surface area (Å²) in [5.41, 5.74) is 2.03. The van der Waals surface area contributed by atoms with E-state index in [9.17, 15) is 10.2 Å². The zero-order valence-electron chi connectivity index (χ0n) is 8.98. The minimum absolute atomic E-state index is 0.281. The fourth-order valence-corrected chi connectivity index (χ4v) is 2.08. The highest BCUT2D eigenvalue weighted by Crippen LogP contribution is 2.28. The number of aliphatic hydroxyl groups excluding tert-OH is 1.